The van der Waals surface area contributed by atoms with Crippen LogP contribution >= 0.6 is 23.1 Å². The van der Waals surface area contributed by atoms with Crippen LogP contribution in [-0.2, 0) is 11.3 Å². The van der Waals surface area contributed by atoms with E-state index in [1.54, 1.807) is 36.6 Å². The Kier molecular flexibility index (Phi) is 9.69. The predicted molar refractivity (Wildman–Crippen MR) is 184 cm³/mol. The first-order valence-corrected chi connectivity index (χ1v) is 16.9. The van der Waals surface area contributed by atoms with Crippen molar-refractivity contribution in [3.63, 3.8) is 0 Å². The molecular weight excluding hydrogens is 633 g/mol. The third-order valence-electron chi connectivity index (χ3n) is 7.74. The van der Waals surface area contributed by atoms with Crippen LogP contribution in [-0.4, -0.2) is 57.3 Å². The molecule has 0 saturated carbocycles. The van der Waals surface area contributed by atoms with Crippen LogP contribution in [0.15, 0.2) is 94.5 Å². The summed E-state index contributed by atoms with van der Waals surface area (Å²) >= 11 is 2.86. The summed E-state index contributed by atoms with van der Waals surface area (Å²) in [7, 11) is 3.19. The smallest absolute Gasteiger partial charge is 0.253 e. The minimum absolute atomic E-state index is 0.0591. The second-order valence-electron chi connectivity index (χ2n) is 11.0. The molecule has 47 heavy (non-hydrogen) atoms. The van der Waals surface area contributed by atoms with Crippen LogP contribution in [0.4, 0.5) is 0 Å². The summed E-state index contributed by atoms with van der Waals surface area (Å²) < 4.78 is 13.2. The largest absolute Gasteiger partial charge is 0.493 e. The summed E-state index contributed by atoms with van der Waals surface area (Å²) in [5.41, 5.74) is 5.12. The molecule has 0 saturated heterocycles. The van der Waals surface area contributed by atoms with Gasteiger partial charge in [-0.1, -0.05) is 59.8 Å². The van der Waals surface area contributed by atoms with Crippen molar-refractivity contribution < 1.29 is 19.1 Å². The number of carbonyl (C=O) groups excluding carboxylic acids is 2. The Morgan fingerprint density at radius 1 is 0.957 bits per heavy atom. The number of hydrazone groups is 1. The van der Waals surface area contributed by atoms with Gasteiger partial charge in [0.15, 0.2) is 22.5 Å². The van der Waals surface area contributed by atoms with Crippen LogP contribution in [0.1, 0.15) is 50.2 Å². The van der Waals surface area contributed by atoms with Crippen molar-refractivity contribution in [3.8, 4) is 17.2 Å². The minimum Gasteiger partial charge on any atom is -0.493 e. The van der Waals surface area contributed by atoms with Crippen molar-refractivity contribution in [1.82, 2.24) is 25.1 Å². The van der Waals surface area contributed by atoms with Gasteiger partial charge in [0, 0.05) is 23.2 Å². The number of benzene rings is 3. The molecule has 1 atom stereocenters. The summed E-state index contributed by atoms with van der Waals surface area (Å²) in [6.07, 6.45) is 0.532. The fourth-order valence-electron chi connectivity index (χ4n) is 5.52. The molecule has 3 heterocycles. The lowest BCUT2D eigenvalue weighted by Crippen LogP contribution is -2.29. The zero-order valence-corrected chi connectivity index (χ0v) is 28.1. The normalized spacial score (nSPS) is 14.2. The van der Waals surface area contributed by atoms with Crippen LogP contribution in [0.5, 0.6) is 11.5 Å². The van der Waals surface area contributed by atoms with Crippen LogP contribution in [0, 0.1) is 13.8 Å². The van der Waals surface area contributed by atoms with Gasteiger partial charge in [0.2, 0.25) is 0 Å². The molecule has 10 nitrogen and oxygen atoms in total. The Bertz CT molecular complexity index is 1940. The number of thiophene rings is 1. The maximum absolute atomic E-state index is 14.0. The predicted octanol–water partition coefficient (Wildman–Crippen LogP) is 6.36. The number of nitrogens with zero attached hydrogens (tertiary/aromatic N) is 5. The fraction of sp³-hybridized carbons (Fsp3) is 0.229. The van der Waals surface area contributed by atoms with Crippen LogP contribution < -0.4 is 14.8 Å². The summed E-state index contributed by atoms with van der Waals surface area (Å²) in [5, 5.41) is 20.7. The highest BCUT2D eigenvalue weighted by molar-refractivity contribution is 7.99. The van der Waals surface area contributed by atoms with Crippen molar-refractivity contribution in [1.29, 1.82) is 0 Å². The quantitative estimate of drug-likeness (QED) is 0.163. The molecule has 0 spiro atoms. The van der Waals surface area contributed by atoms with Crippen molar-refractivity contribution >= 4 is 40.6 Å². The molecule has 240 valence electrons. The summed E-state index contributed by atoms with van der Waals surface area (Å²) in [5.74, 6) is 1.37. The van der Waals surface area contributed by atoms with E-state index < -0.39 is 0 Å². The zero-order valence-electron chi connectivity index (χ0n) is 26.5. The molecule has 5 aromatic rings. The van der Waals surface area contributed by atoms with E-state index >= 15 is 0 Å². The molecule has 0 radical (unpaired) electrons. The average molecular weight is 667 g/mol. The topological polar surface area (TPSA) is 111 Å². The van der Waals surface area contributed by atoms with E-state index in [-0.39, 0.29) is 30.2 Å². The number of rotatable bonds is 11. The second kappa shape index (κ2) is 14.2. The van der Waals surface area contributed by atoms with Gasteiger partial charge in [-0.25, -0.2) is 5.01 Å². The molecule has 0 fully saturated rings. The first-order chi connectivity index (χ1) is 22.9. The molecule has 1 aliphatic rings. The number of hydrogen-bond donors (Lipinski definition) is 1. The highest BCUT2D eigenvalue weighted by Crippen LogP contribution is 2.42. The molecule has 0 unspecified atom stereocenters. The van der Waals surface area contributed by atoms with Crippen molar-refractivity contribution in [3.05, 3.63) is 117 Å². The number of aryl methyl sites for hydroxylation is 2. The minimum atomic E-state index is -0.382. The van der Waals surface area contributed by atoms with Crippen LogP contribution in [0.25, 0.3) is 5.69 Å². The Morgan fingerprint density at radius 2 is 1.74 bits per heavy atom. The molecule has 1 N–H and O–H groups in total. The number of para-hydroxylation sites is 1. The van der Waals surface area contributed by atoms with Gasteiger partial charge in [0.1, 0.15) is 0 Å². The summed E-state index contributed by atoms with van der Waals surface area (Å²) in [6, 6.07) is 24.6. The van der Waals surface area contributed by atoms with Gasteiger partial charge in [-0.05, 0) is 61.2 Å². The standard InChI is InChI=1S/C35H34N6O4S2/c1-22-9-5-11-24(17-22)34(43)36-20-31-37-38-35(40(31)25-12-6-10-23(2)18-25)47-21-32(42)41-28(19-27(39-41)30-15-8-16-46-30)26-13-7-14-29(44-3)33(26)45-4/h5-18,28H,19-21H2,1-4H3,(H,36,43)/t28-/m0/s1. The third-order valence-corrected chi connectivity index (χ3v) is 9.57. The van der Waals surface area contributed by atoms with Gasteiger partial charge in [-0.2, -0.15) is 5.10 Å². The van der Waals surface area contributed by atoms with Gasteiger partial charge in [-0.15, -0.1) is 21.5 Å². The first-order valence-electron chi connectivity index (χ1n) is 15.0. The fourth-order valence-corrected chi connectivity index (χ4v) is 7.07. The van der Waals surface area contributed by atoms with Crippen LogP contribution in [0.3, 0.4) is 0 Å². The van der Waals surface area contributed by atoms with Crippen molar-refractivity contribution in [2.75, 3.05) is 20.0 Å². The number of nitrogens with one attached hydrogen (secondary N) is 1. The van der Waals surface area contributed by atoms with Gasteiger partial charge in [0.25, 0.3) is 11.8 Å². The average Bonchev–Trinajstić information content (AvgIpc) is 3.86. The second-order valence-corrected chi connectivity index (χ2v) is 12.9. The van der Waals surface area contributed by atoms with E-state index in [2.05, 4.69) is 15.5 Å². The van der Waals surface area contributed by atoms with E-state index in [4.69, 9.17) is 14.6 Å². The molecule has 2 amide bonds. The third kappa shape index (κ3) is 6.93. The molecule has 12 heteroatoms. The summed E-state index contributed by atoms with van der Waals surface area (Å²) in [6.45, 7) is 4.11. The highest BCUT2D eigenvalue weighted by atomic mass is 32.2. The molecule has 6 rings (SSSR count). The van der Waals surface area contributed by atoms with Gasteiger partial charge >= 0.3 is 0 Å². The monoisotopic (exact) mass is 666 g/mol. The SMILES string of the molecule is COc1cccc([C@@H]2CC(c3cccs3)=NN2C(=O)CSc2nnc(CNC(=O)c3cccc(C)c3)n2-c2cccc(C)c2)c1OC. The molecule has 2 aromatic heterocycles. The number of ether oxygens (including phenoxy) is 2. The number of amides is 2. The van der Waals surface area contributed by atoms with Crippen molar-refractivity contribution in [2.45, 2.75) is 38.0 Å². The van der Waals surface area contributed by atoms with E-state index in [1.165, 1.54) is 11.8 Å². The van der Waals surface area contributed by atoms with E-state index in [0.717, 1.165) is 33.0 Å². The Labute approximate surface area is 281 Å². The Hall–Kier alpha value is -4.94. The Morgan fingerprint density at radius 3 is 2.47 bits per heavy atom. The Balaban J connectivity index is 1.27. The lowest BCUT2D eigenvalue weighted by Gasteiger charge is -2.24. The number of hydrogen-bond acceptors (Lipinski definition) is 9. The molecule has 0 aliphatic carbocycles. The van der Waals surface area contributed by atoms with Gasteiger partial charge < -0.3 is 14.8 Å². The van der Waals surface area contributed by atoms with E-state index in [0.29, 0.717) is 34.5 Å². The van der Waals surface area contributed by atoms with Gasteiger partial charge in [-0.3, -0.25) is 14.2 Å². The number of thioether (sulfide) groups is 1. The molecular formula is C35H34N6O4S2. The van der Waals surface area contributed by atoms with Gasteiger partial charge in [0.05, 0.1) is 43.1 Å². The maximum Gasteiger partial charge on any atom is 0.253 e. The maximum atomic E-state index is 14.0. The first kappa shape index (κ1) is 32.0. The number of carbonyl (C=O) groups is 2. The number of aromatic nitrogens is 3. The lowest BCUT2D eigenvalue weighted by atomic mass is 9.99. The highest BCUT2D eigenvalue weighted by Gasteiger charge is 2.36. The molecule has 1 aliphatic heterocycles. The summed E-state index contributed by atoms with van der Waals surface area (Å²) in [4.78, 5) is 27.9. The zero-order chi connectivity index (χ0) is 32.9. The van der Waals surface area contributed by atoms with Crippen LogP contribution in [0.2, 0.25) is 0 Å². The van der Waals surface area contributed by atoms with E-state index in [1.807, 2.05) is 96.6 Å². The lowest BCUT2D eigenvalue weighted by molar-refractivity contribution is -0.130. The van der Waals surface area contributed by atoms with Crippen molar-refractivity contribution in [2.24, 2.45) is 5.10 Å². The molecule has 0 bridgehead atoms. The molecule has 3 aromatic carbocycles. The van der Waals surface area contributed by atoms with E-state index in [9.17, 15) is 9.59 Å². The number of methoxy groups -OCH3 is 2.